The smallest absolute Gasteiger partial charge is 0.421 e. The predicted octanol–water partition coefficient (Wildman–Crippen LogP) is 3.71. The number of benzene rings is 2. The van der Waals surface area contributed by atoms with E-state index in [0.717, 1.165) is 11.1 Å². The quantitative estimate of drug-likeness (QED) is 0.631. The van der Waals surface area contributed by atoms with Gasteiger partial charge in [-0.25, -0.2) is 9.80 Å². The second-order valence-corrected chi connectivity index (χ2v) is 7.88. The Morgan fingerprint density at radius 3 is 2.07 bits per heavy atom. The van der Waals surface area contributed by atoms with E-state index in [4.69, 9.17) is 9.47 Å². The first-order valence-electron chi connectivity index (χ1n) is 9.29. The van der Waals surface area contributed by atoms with Crippen LogP contribution in [0.15, 0.2) is 48.5 Å². The predicted molar refractivity (Wildman–Crippen MR) is 107 cm³/mol. The Balaban J connectivity index is 1.57. The van der Waals surface area contributed by atoms with Crippen molar-refractivity contribution >= 4 is 12.1 Å². The van der Waals surface area contributed by atoms with Crippen LogP contribution < -0.4 is 5.43 Å². The van der Waals surface area contributed by atoms with Crippen LogP contribution in [0.25, 0.3) is 11.1 Å². The van der Waals surface area contributed by atoms with E-state index < -0.39 is 17.7 Å². The molecule has 0 aromatic heterocycles. The van der Waals surface area contributed by atoms with Crippen molar-refractivity contribution < 1.29 is 19.1 Å². The number of carbonyl (C=O) groups excluding carboxylic acids is 2. The Labute approximate surface area is 165 Å². The van der Waals surface area contributed by atoms with E-state index in [0.29, 0.717) is 0 Å². The van der Waals surface area contributed by atoms with Gasteiger partial charge in [0, 0.05) is 13.0 Å². The Morgan fingerprint density at radius 2 is 1.54 bits per heavy atom. The van der Waals surface area contributed by atoms with Crippen molar-refractivity contribution in [1.29, 1.82) is 0 Å². The number of amides is 1. The summed E-state index contributed by atoms with van der Waals surface area (Å²) < 4.78 is 10.7. The highest BCUT2D eigenvalue weighted by molar-refractivity contribution is 5.79. The Hall–Kier alpha value is -2.86. The fourth-order valence-electron chi connectivity index (χ4n) is 3.39. The van der Waals surface area contributed by atoms with Crippen LogP contribution >= 0.6 is 0 Å². The average Bonchev–Trinajstić information content (AvgIpc) is 2.92. The summed E-state index contributed by atoms with van der Waals surface area (Å²) in [5.74, 6) is -0.428. The number of nitrogens with zero attached hydrogens (tertiary/aromatic N) is 1. The molecule has 1 aliphatic carbocycles. The zero-order chi connectivity index (χ0) is 20.3. The van der Waals surface area contributed by atoms with Gasteiger partial charge in [0.2, 0.25) is 0 Å². The van der Waals surface area contributed by atoms with E-state index >= 15 is 0 Å². The Bertz CT molecular complexity index is 827. The van der Waals surface area contributed by atoms with Crippen LogP contribution in [0.4, 0.5) is 4.79 Å². The third kappa shape index (κ3) is 4.70. The molecule has 1 amide bonds. The fraction of sp³-hybridized carbons (Fsp3) is 0.364. The van der Waals surface area contributed by atoms with Gasteiger partial charge < -0.3 is 9.47 Å². The summed E-state index contributed by atoms with van der Waals surface area (Å²) in [6.07, 6.45) is -0.604. The Kier molecular flexibility index (Phi) is 5.70. The zero-order valence-electron chi connectivity index (χ0n) is 16.7. The Morgan fingerprint density at radius 1 is 1.00 bits per heavy atom. The van der Waals surface area contributed by atoms with Gasteiger partial charge in [-0.15, -0.1) is 0 Å². The molecule has 0 saturated carbocycles. The van der Waals surface area contributed by atoms with Gasteiger partial charge in [0.05, 0.1) is 0 Å². The van der Waals surface area contributed by atoms with Crippen LogP contribution in [-0.4, -0.2) is 42.9 Å². The SMILES string of the molecule is CN(CC(=O)OC(C)(C)C)NC(=O)OCC1c2ccccc2-c2ccccc21. The van der Waals surface area contributed by atoms with Gasteiger partial charge >= 0.3 is 12.1 Å². The van der Waals surface area contributed by atoms with Gasteiger partial charge in [-0.05, 0) is 43.0 Å². The van der Waals surface area contributed by atoms with Crippen LogP contribution in [0, 0.1) is 0 Å². The molecule has 6 nitrogen and oxygen atoms in total. The first-order valence-corrected chi connectivity index (χ1v) is 9.29. The number of hydrogen-bond acceptors (Lipinski definition) is 5. The van der Waals surface area contributed by atoms with Crippen molar-refractivity contribution in [2.75, 3.05) is 20.2 Å². The van der Waals surface area contributed by atoms with Crippen molar-refractivity contribution in [2.45, 2.75) is 32.3 Å². The molecule has 0 unspecified atom stereocenters. The normalized spacial score (nSPS) is 13.0. The maximum Gasteiger partial charge on any atom is 0.421 e. The summed E-state index contributed by atoms with van der Waals surface area (Å²) in [5.41, 5.74) is 6.63. The summed E-state index contributed by atoms with van der Waals surface area (Å²) in [6.45, 7) is 5.54. The number of hydrogen-bond donors (Lipinski definition) is 1. The molecule has 6 heteroatoms. The third-order valence-corrected chi connectivity index (χ3v) is 4.41. The monoisotopic (exact) mass is 382 g/mol. The molecule has 3 rings (SSSR count). The number of rotatable bonds is 5. The molecule has 2 aromatic carbocycles. The van der Waals surface area contributed by atoms with Crippen LogP contribution in [0.3, 0.4) is 0 Å². The zero-order valence-corrected chi connectivity index (χ0v) is 16.7. The minimum Gasteiger partial charge on any atom is -0.459 e. The lowest BCUT2D eigenvalue weighted by Gasteiger charge is -2.23. The molecule has 0 aliphatic heterocycles. The van der Waals surface area contributed by atoms with E-state index in [2.05, 4.69) is 29.7 Å². The van der Waals surface area contributed by atoms with Crippen LogP contribution in [0.2, 0.25) is 0 Å². The summed E-state index contributed by atoms with van der Waals surface area (Å²) >= 11 is 0. The molecule has 0 radical (unpaired) electrons. The molecule has 1 N–H and O–H groups in total. The number of hydrazine groups is 1. The first kappa shape index (κ1) is 19.9. The highest BCUT2D eigenvalue weighted by atomic mass is 16.6. The highest BCUT2D eigenvalue weighted by Gasteiger charge is 2.29. The molecule has 148 valence electrons. The number of carbonyl (C=O) groups is 2. The average molecular weight is 382 g/mol. The molecule has 2 aromatic rings. The van der Waals surface area contributed by atoms with Crippen molar-refractivity contribution in [3.05, 3.63) is 59.7 Å². The minimum absolute atomic E-state index is 0.00527. The molecule has 1 aliphatic rings. The summed E-state index contributed by atoms with van der Waals surface area (Å²) in [7, 11) is 1.59. The lowest BCUT2D eigenvalue weighted by Crippen LogP contribution is -2.44. The highest BCUT2D eigenvalue weighted by Crippen LogP contribution is 2.44. The van der Waals surface area contributed by atoms with Gasteiger partial charge in [0.1, 0.15) is 18.8 Å². The first-order chi connectivity index (χ1) is 13.2. The van der Waals surface area contributed by atoms with Crippen molar-refractivity contribution in [2.24, 2.45) is 0 Å². The fourth-order valence-corrected chi connectivity index (χ4v) is 3.39. The number of fused-ring (bicyclic) bond motifs is 3. The number of esters is 1. The second kappa shape index (κ2) is 8.02. The maximum atomic E-state index is 12.2. The van der Waals surface area contributed by atoms with Crippen molar-refractivity contribution in [3.63, 3.8) is 0 Å². The maximum absolute atomic E-state index is 12.2. The minimum atomic E-state index is -0.604. The largest absolute Gasteiger partial charge is 0.459 e. The third-order valence-electron chi connectivity index (χ3n) is 4.41. The lowest BCUT2D eigenvalue weighted by atomic mass is 9.98. The number of ether oxygens (including phenoxy) is 2. The topological polar surface area (TPSA) is 67.9 Å². The van der Waals surface area contributed by atoms with E-state index in [-0.39, 0.29) is 19.1 Å². The summed E-state index contributed by atoms with van der Waals surface area (Å²) in [6, 6.07) is 16.3. The second-order valence-electron chi connectivity index (χ2n) is 7.88. The molecule has 28 heavy (non-hydrogen) atoms. The number of nitrogens with one attached hydrogen (secondary N) is 1. The number of likely N-dealkylation sites (N-methyl/N-ethyl adjacent to an activating group) is 1. The molecule has 0 saturated heterocycles. The molecule has 0 atom stereocenters. The lowest BCUT2D eigenvalue weighted by molar-refractivity contribution is -0.156. The van der Waals surface area contributed by atoms with E-state index in [1.54, 1.807) is 27.8 Å². The van der Waals surface area contributed by atoms with Crippen LogP contribution in [-0.2, 0) is 14.3 Å². The van der Waals surface area contributed by atoms with Gasteiger partial charge in [0.15, 0.2) is 0 Å². The van der Waals surface area contributed by atoms with Gasteiger partial charge in [-0.2, -0.15) is 0 Å². The molecular formula is C22H26N2O4. The van der Waals surface area contributed by atoms with Gasteiger partial charge in [-0.3, -0.25) is 10.2 Å². The molecule has 0 bridgehead atoms. The molecule has 0 heterocycles. The van der Waals surface area contributed by atoms with E-state index in [9.17, 15) is 9.59 Å². The molecule has 0 spiro atoms. The summed E-state index contributed by atoms with van der Waals surface area (Å²) in [5, 5.41) is 1.35. The summed E-state index contributed by atoms with van der Waals surface area (Å²) in [4.78, 5) is 24.0. The van der Waals surface area contributed by atoms with Gasteiger partial charge in [-0.1, -0.05) is 48.5 Å². The molecular weight excluding hydrogens is 356 g/mol. The van der Waals surface area contributed by atoms with Crippen LogP contribution in [0.5, 0.6) is 0 Å². The van der Waals surface area contributed by atoms with Crippen molar-refractivity contribution in [1.82, 2.24) is 10.4 Å². The molecule has 0 fully saturated rings. The van der Waals surface area contributed by atoms with E-state index in [1.807, 2.05) is 24.3 Å². The van der Waals surface area contributed by atoms with Gasteiger partial charge in [0.25, 0.3) is 0 Å². The van der Waals surface area contributed by atoms with Crippen LogP contribution in [0.1, 0.15) is 37.8 Å². The standard InChI is InChI=1S/C22H26N2O4/c1-22(2,3)28-20(25)13-24(4)23-21(26)27-14-19-17-11-7-5-9-15(17)16-10-6-8-12-18(16)19/h5-12,19H,13-14H2,1-4H3,(H,23,26). The van der Waals surface area contributed by atoms with E-state index in [1.165, 1.54) is 16.1 Å². The van der Waals surface area contributed by atoms with Crippen molar-refractivity contribution in [3.8, 4) is 11.1 Å².